The molecular weight excluding hydrogens is 358 g/mol. The lowest BCUT2D eigenvalue weighted by molar-refractivity contribution is -0.139. The third kappa shape index (κ3) is 4.30. The molecular formula is C21H29N3O4. The average molecular weight is 387 g/mol. The van der Waals surface area contributed by atoms with Crippen LogP contribution in [0.5, 0.6) is 5.75 Å². The summed E-state index contributed by atoms with van der Waals surface area (Å²) in [5.41, 5.74) is 1.99. The summed E-state index contributed by atoms with van der Waals surface area (Å²) in [4.78, 5) is 29.5. The maximum Gasteiger partial charge on any atom is 0.338 e. The smallest absolute Gasteiger partial charge is 0.338 e. The van der Waals surface area contributed by atoms with Crippen LogP contribution < -0.4 is 10.1 Å². The highest BCUT2D eigenvalue weighted by Crippen LogP contribution is 2.33. The lowest BCUT2D eigenvalue weighted by Crippen LogP contribution is -2.49. The van der Waals surface area contributed by atoms with Gasteiger partial charge in [-0.15, -0.1) is 0 Å². The molecule has 2 heterocycles. The fraction of sp³-hybridized carbons (Fsp3) is 0.524. The molecule has 1 atom stereocenters. The van der Waals surface area contributed by atoms with Crippen LogP contribution in [-0.2, 0) is 9.53 Å². The zero-order valence-electron chi connectivity index (χ0n) is 16.9. The number of nitrogens with zero attached hydrogens (tertiary/aromatic N) is 2. The number of benzene rings is 1. The quantitative estimate of drug-likeness (QED) is 0.760. The summed E-state index contributed by atoms with van der Waals surface area (Å²) >= 11 is 0. The molecule has 7 nitrogen and oxygen atoms in total. The first-order valence-corrected chi connectivity index (χ1v) is 9.85. The van der Waals surface area contributed by atoms with Crippen molar-refractivity contribution in [2.45, 2.75) is 32.2 Å². The fourth-order valence-corrected chi connectivity index (χ4v) is 3.80. The molecule has 28 heavy (non-hydrogen) atoms. The molecule has 0 spiro atoms. The number of esters is 1. The zero-order chi connectivity index (χ0) is 20.1. The van der Waals surface area contributed by atoms with Crippen LogP contribution >= 0.6 is 0 Å². The highest BCUT2D eigenvalue weighted by atomic mass is 16.5. The van der Waals surface area contributed by atoms with Gasteiger partial charge in [0, 0.05) is 19.3 Å². The molecule has 2 amide bonds. The average Bonchev–Trinajstić information content (AvgIpc) is 2.72. The molecule has 152 valence electrons. The van der Waals surface area contributed by atoms with Gasteiger partial charge in [0.05, 0.1) is 25.3 Å². The summed E-state index contributed by atoms with van der Waals surface area (Å²) in [6, 6.07) is 6.62. The van der Waals surface area contributed by atoms with Crippen molar-refractivity contribution >= 4 is 12.0 Å². The lowest BCUT2D eigenvalue weighted by Gasteiger charge is -2.37. The number of likely N-dealkylation sites (N-methyl/N-ethyl adjacent to an activating group) is 1. The Labute approximate surface area is 166 Å². The molecule has 0 saturated carbocycles. The van der Waals surface area contributed by atoms with Gasteiger partial charge in [-0.2, -0.15) is 0 Å². The highest BCUT2D eigenvalue weighted by Gasteiger charge is 2.37. The fourth-order valence-electron chi connectivity index (χ4n) is 3.80. The monoisotopic (exact) mass is 387 g/mol. The van der Waals surface area contributed by atoms with Crippen molar-refractivity contribution in [3.63, 3.8) is 0 Å². The van der Waals surface area contributed by atoms with E-state index in [0.717, 1.165) is 31.5 Å². The van der Waals surface area contributed by atoms with Crippen LogP contribution in [0.1, 0.15) is 37.8 Å². The maximum atomic E-state index is 12.9. The Hall–Kier alpha value is -2.54. The molecule has 2 aliphatic heterocycles. The van der Waals surface area contributed by atoms with E-state index in [1.165, 1.54) is 11.3 Å². The normalized spacial score (nSPS) is 20.8. The molecule has 0 radical (unpaired) electrons. The minimum atomic E-state index is -0.572. The minimum Gasteiger partial charge on any atom is -0.497 e. The van der Waals surface area contributed by atoms with Crippen LogP contribution in [0, 0.1) is 0 Å². The van der Waals surface area contributed by atoms with Crippen LogP contribution in [0.2, 0.25) is 0 Å². The summed E-state index contributed by atoms with van der Waals surface area (Å²) in [6.45, 7) is 4.56. The molecule has 1 unspecified atom stereocenters. The van der Waals surface area contributed by atoms with Crippen LogP contribution in [0.4, 0.5) is 4.79 Å². The zero-order valence-corrected chi connectivity index (χ0v) is 16.9. The molecule has 1 aromatic carbocycles. The van der Waals surface area contributed by atoms with Gasteiger partial charge in [-0.3, -0.25) is 9.80 Å². The number of nitrogens with one attached hydrogen (secondary N) is 1. The van der Waals surface area contributed by atoms with E-state index in [0.29, 0.717) is 23.6 Å². The first kappa shape index (κ1) is 20.2. The van der Waals surface area contributed by atoms with Gasteiger partial charge in [-0.05, 0) is 50.6 Å². The molecule has 0 bridgehead atoms. The van der Waals surface area contributed by atoms with Crippen molar-refractivity contribution in [1.82, 2.24) is 15.1 Å². The summed E-state index contributed by atoms with van der Waals surface area (Å²) in [6.07, 6.45) is 3.50. The van der Waals surface area contributed by atoms with Crippen molar-refractivity contribution in [2.24, 2.45) is 0 Å². The second kappa shape index (κ2) is 9.10. The van der Waals surface area contributed by atoms with Crippen molar-refractivity contribution in [1.29, 1.82) is 0 Å². The first-order chi connectivity index (χ1) is 13.5. The predicted molar refractivity (Wildman–Crippen MR) is 106 cm³/mol. The number of ether oxygens (including phenoxy) is 2. The van der Waals surface area contributed by atoms with Crippen molar-refractivity contribution in [3.8, 4) is 5.75 Å². The molecule has 0 aromatic heterocycles. The standard InChI is InChI=1S/C21H29N3O4/c1-4-28-20(25)18-17(14-24-11-6-5-7-12-24)23(2)21(26)22-19(18)15-9-8-10-16(13-15)27-3/h8-10,13,19H,4-7,11-12,14H2,1-3H3,(H,22,26). The number of hydrogen-bond donors (Lipinski definition) is 1. The summed E-state index contributed by atoms with van der Waals surface area (Å²) in [5, 5.41) is 2.94. The van der Waals surface area contributed by atoms with Gasteiger partial charge < -0.3 is 14.8 Å². The molecule has 1 N–H and O–H groups in total. The van der Waals surface area contributed by atoms with Crippen molar-refractivity contribution < 1.29 is 19.1 Å². The van der Waals surface area contributed by atoms with Crippen molar-refractivity contribution in [2.75, 3.05) is 40.4 Å². The van der Waals surface area contributed by atoms with E-state index in [1.54, 1.807) is 21.1 Å². The van der Waals surface area contributed by atoms with E-state index in [4.69, 9.17) is 9.47 Å². The van der Waals surface area contributed by atoms with Gasteiger partial charge in [-0.1, -0.05) is 18.6 Å². The van der Waals surface area contributed by atoms with Crippen LogP contribution in [0.15, 0.2) is 35.5 Å². The Morgan fingerprint density at radius 2 is 2.00 bits per heavy atom. The SMILES string of the molecule is CCOC(=O)C1=C(CN2CCCCC2)N(C)C(=O)NC1c1cccc(OC)c1. The highest BCUT2D eigenvalue weighted by molar-refractivity contribution is 5.95. The molecule has 0 aliphatic carbocycles. The van der Waals surface area contributed by atoms with E-state index in [1.807, 2.05) is 24.3 Å². The first-order valence-electron chi connectivity index (χ1n) is 9.85. The molecule has 3 rings (SSSR count). The number of methoxy groups -OCH3 is 1. The van der Waals surface area contributed by atoms with Crippen molar-refractivity contribution in [3.05, 3.63) is 41.1 Å². The van der Waals surface area contributed by atoms with E-state index in [2.05, 4.69) is 10.2 Å². The third-order valence-corrected chi connectivity index (χ3v) is 5.32. The topological polar surface area (TPSA) is 71.1 Å². The van der Waals surface area contributed by atoms with Crippen LogP contribution in [0.25, 0.3) is 0 Å². The Balaban J connectivity index is 2.05. The van der Waals surface area contributed by atoms with Crippen LogP contribution in [0.3, 0.4) is 0 Å². The number of carbonyl (C=O) groups is 2. The maximum absolute atomic E-state index is 12.9. The summed E-state index contributed by atoms with van der Waals surface area (Å²) in [5.74, 6) is 0.278. The number of piperidine rings is 1. The van der Waals surface area contributed by atoms with E-state index in [-0.39, 0.29) is 12.6 Å². The molecule has 1 fully saturated rings. The van der Waals surface area contributed by atoms with Gasteiger partial charge in [0.1, 0.15) is 5.75 Å². The number of urea groups is 1. The van der Waals surface area contributed by atoms with Gasteiger partial charge in [0.15, 0.2) is 0 Å². The summed E-state index contributed by atoms with van der Waals surface area (Å²) in [7, 11) is 3.30. The van der Waals surface area contributed by atoms with Gasteiger partial charge >= 0.3 is 12.0 Å². The molecule has 1 aromatic rings. The van der Waals surface area contributed by atoms with Gasteiger partial charge in [-0.25, -0.2) is 9.59 Å². The van der Waals surface area contributed by atoms with Crippen LogP contribution in [-0.4, -0.2) is 62.2 Å². The Bertz CT molecular complexity index is 756. The largest absolute Gasteiger partial charge is 0.497 e. The second-order valence-electron chi connectivity index (χ2n) is 7.14. The van der Waals surface area contributed by atoms with E-state index >= 15 is 0 Å². The molecule has 7 heteroatoms. The third-order valence-electron chi connectivity index (χ3n) is 5.32. The van der Waals surface area contributed by atoms with E-state index in [9.17, 15) is 9.59 Å². The Morgan fingerprint density at radius 3 is 2.68 bits per heavy atom. The number of likely N-dealkylation sites (tertiary alicyclic amines) is 1. The number of hydrogen-bond acceptors (Lipinski definition) is 5. The lowest BCUT2D eigenvalue weighted by atomic mass is 9.94. The Kier molecular flexibility index (Phi) is 6.57. The van der Waals surface area contributed by atoms with Gasteiger partial charge in [0.2, 0.25) is 0 Å². The van der Waals surface area contributed by atoms with Gasteiger partial charge in [0.25, 0.3) is 0 Å². The second-order valence-corrected chi connectivity index (χ2v) is 7.14. The number of rotatable bonds is 6. The number of carbonyl (C=O) groups excluding carboxylic acids is 2. The number of amides is 2. The predicted octanol–water partition coefficient (Wildman–Crippen LogP) is 2.69. The minimum absolute atomic E-state index is 0.229. The molecule has 1 saturated heterocycles. The molecule has 2 aliphatic rings. The summed E-state index contributed by atoms with van der Waals surface area (Å²) < 4.78 is 10.7. The Morgan fingerprint density at radius 1 is 1.25 bits per heavy atom. The van der Waals surface area contributed by atoms with E-state index < -0.39 is 12.0 Å².